The second-order valence-corrected chi connectivity index (χ2v) is 11.1. The van der Waals surface area contributed by atoms with Crippen LogP contribution in [0.3, 0.4) is 0 Å². The van der Waals surface area contributed by atoms with Gasteiger partial charge in [0.25, 0.3) is 11.8 Å². The highest BCUT2D eigenvalue weighted by Gasteiger charge is 2.33. The van der Waals surface area contributed by atoms with E-state index in [0.717, 1.165) is 6.92 Å². The van der Waals surface area contributed by atoms with Crippen molar-refractivity contribution < 1.29 is 22.7 Å². The molecule has 1 amide bonds. The van der Waals surface area contributed by atoms with Gasteiger partial charge in [-0.2, -0.15) is 0 Å². The predicted octanol–water partition coefficient (Wildman–Crippen LogP) is 7.78. The van der Waals surface area contributed by atoms with Gasteiger partial charge in [0, 0.05) is 42.2 Å². The summed E-state index contributed by atoms with van der Waals surface area (Å²) in [4.78, 5) is 18.0. The molecule has 1 saturated heterocycles. The van der Waals surface area contributed by atoms with Gasteiger partial charge in [0.15, 0.2) is 0 Å². The van der Waals surface area contributed by atoms with Crippen LogP contribution in [-0.4, -0.2) is 49.1 Å². The molecule has 0 spiro atoms. The monoisotopic (exact) mass is 572 g/mol. The molecule has 9 heteroatoms. The lowest BCUT2D eigenvalue weighted by molar-refractivity contribution is -0.110. The molecule has 3 N–H and O–H groups in total. The number of alkyl halides is 2. The molecule has 0 bridgehead atoms. The van der Waals surface area contributed by atoms with Crippen molar-refractivity contribution in [1.29, 1.82) is 0 Å². The Balaban J connectivity index is 0.000000322. The summed E-state index contributed by atoms with van der Waals surface area (Å²) in [7, 11) is 1.49. The lowest BCUT2D eigenvalue weighted by atomic mass is 10.0. The van der Waals surface area contributed by atoms with Gasteiger partial charge in [-0.1, -0.05) is 18.6 Å². The second kappa shape index (κ2) is 14.0. The van der Waals surface area contributed by atoms with Gasteiger partial charge in [0.2, 0.25) is 0 Å². The number of aryl methyl sites for hydroxylation is 1. The number of ether oxygens (including phenoxy) is 1. The van der Waals surface area contributed by atoms with Gasteiger partial charge in [-0.05, 0) is 89.9 Å². The van der Waals surface area contributed by atoms with Gasteiger partial charge in [-0.25, -0.2) is 13.2 Å². The Hall–Kier alpha value is -3.30. The molecule has 0 unspecified atom stereocenters. The molecule has 4 rings (SSSR count). The summed E-state index contributed by atoms with van der Waals surface area (Å²) < 4.78 is 47.8. The van der Waals surface area contributed by atoms with Crippen LogP contribution in [0.1, 0.15) is 74.0 Å². The van der Waals surface area contributed by atoms with Crippen molar-refractivity contribution >= 4 is 28.9 Å². The van der Waals surface area contributed by atoms with Gasteiger partial charge < -0.3 is 25.3 Å². The average Bonchev–Trinajstić information content (AvgIpc) is 3.34. The smallest absolute Gasteiger partial charge is 0.272 e. The maximum absolute atomic E-state index is 14.6. The third-order valence-electron chi connectivity index (χ3n) is 7.30. The number of likely N-dealkylation sites (tertiary alicyclic amines) is 1. The number of halogens is 3. The van der Waals surface area contributed by atoms with Crippen LogP contribution in [0.2, 0.25) is 0 Å². The number of aromatic amines is 1. The van der Waals surface area contributed by atoms with Crippen LogP contribution < -0.4 is 10.6 Å². The van der Waals surface area contributed by atoms with E-state index in [2.05, 4.69) is 40.6 Å². The summed E-state index contributed by atoms with van der Waals surface area (Å²) >= 11 is 0. The first kappa shape index (κ1) is 32.2. The Morgan fingerprint density at radius 1 is 1.20 bits per heavy atom. The molecular weight excluding hydrogens is 529 g/mol. The van der Waals surface area contributed by atoms with Crippen LogP contribution in [0.25, 0.3) is 11.6 Å². The summed E-state index contributed by atoms with van der Waals surface area (Å²) in [6.07, 6.45) is 8.10. The Bertz CT molecular complexity index is 1300. The Kier molecular flexibility index (Phi) is 11.0. The zero-order valence-electron chi connectivity index (χ0n) is 24.9. The summed E-state index contributed by atoms with van der Waals surface area (Å²) in [6, 6.07) is 2.62. The van der Waals surface area contributed by atoms with E-state index in [1.54, 1.807) is 13.8 Å². The summed E-state index contributed by atoms with van der Waals surface area (Å²) in [5, 5.41) is 5.43. The van der Waals surface area contributed by atoms with E-state index in [-0.39, 0.29) is 29.1 Å². The minimum atomic E-state index is -3.10. The van der Waals surface area contributed by atoms with E-state index < -0.39 is 17.6 Å². The van der Waals surface area contributed by atoms with Crippen LogP contribution in [0, 0.1) is 19.7 Å². The summed E-state index contributed by atoms with van der Waals surface area (Å²) in [5.41, 5.74) is 3.61. The molecule has 1 fully saturated rings. The van der Waals surface area contributed by atoms with E-state index in [1.165, 1.54) is 82.6 Å². The Morgan fingerprint density at radius 3 is 2.49 bits per heavy atom. The number of nitrogens with one attached hydrogen (secondary N) is 3. The average molecular weight is 573 g/mol. The molecule has 1 aromatic heterocycles. The Labute approximate surface area is 241 Å². The topological polar surface area (TPSA) is 69.4 Å². The lowest BCUT2D eigenvalue weighted by Crippen LogP contribution is -2.30. The SMILES string of the molecule is C=C(C)CCCN1CCCCC1.C=C(COC)Nc1cc2c(cc1F)/C(=C/c1[nH]c(C)c(C)c1C(C)(F)F)C(=O)N2. The molecule has 224 valence electrons. The summed E-state index contributed by atoms with van der Waals surface area (Å²) in [5.74, 6) is -4.20. The highest BCUT2D eigenvalue weighted by atomic mass is 19.3. The first-order chi connectivity index (χ1) is 19.3. The van der Waals surface area contributed by atoms with Gasteiger partial charge in [-0.3, -0.25) is 4.79 Å². The molecule has 0 aliphatic carbocycles. The number of allylic oxidation sites excluding steroid dienone is 1. The number of piperidine rings is 1. The van der Waals surface area contributed by atoms with Crippen molar-refractivity contribution in [3.63, 3.8) is 0 Å². The van der Waals surface area contributed by atoms with Gasteiger partial charge in [-0.15, -0.1) is 6.58 Å². The molecule has 0 saturated carbocycles. The zero-order chi connectivity index (χ0) is 30.3. The van der Waals surface area contributed by atoms with E-state index in [1.807, 2.05) is 0 Å². The van der Waals surface area contributed by atoms with Crippen LogP contribution in [0.15, 0.2) is 36.6 Å². The molecular formula is C32H43F3N4O2. The number of hydrogen-bond donors (Lipinski definition) is 3. The maximum Gasteiger partial charge on any atom is 0.272 e. The molecule has 1 aromatic carbocycles. The number of rotatable bonds is 10. The number of H-pyrrole nitrogens is 1. The van der Waals surface area contributed by atoms with Crippen LogP contribution in [0.5, 0.6) is 0 Å². The molecule has 6 nitrogen and oxygen atoms in total. The number of amides is 1. The predicted molar refractivity (Wildman–Crippen MR) is 162 cm³/mol. The molecule has 2 aliphatic rings. The molecule has 3 heterocycles. The molecule has 0 atom stereocenters. The fraction of sp³-hybridized carbons (Fsp3) is 0.469. The largest absolute Gasteiger partial charge is 0.379 e. The molecule has 2 aliphatic heterocycles. The van der Waals surface area contributed by atoms with Crippen molar-refractivity contribution in [2.75, 3.05) is 44.0 Å². The fourth-order valence-corrected chi connectivity index (χ4v) is 5.20. The van der Waals surface area contributed by atoms with E-state index in [0.29, 0.717) is 28.2 Å². The number of nitrogens with zero attached hydrogens (tertiary/aromatic N) is 1. The van der Waals surface area contributed by atoms with Crippen molar-refractivity contribution in [3.8, 4) is 0 Å². The van der Waals surface area contributed by atoms with Crippen LogP contribution in [-0.2, 0) is 15.5 Å². The van der Waals surface area contributed by atoms with Crippen LogP contribution >= 0.6 is 0 Å². The fourth-order valence-electron chi connectivity index (χ4n) is 5.20. The standard InChI is InChI=1S/C21H22F3N3O2.C11H21N/c1-10(9-29-5)25-17-8-16-13(6-15(17)22)14(20(28)27-16)7-18-19(21(4,23)24)11(2)12(3)26-18;1-11(2)7-6-10-12-8-4-3-5-9-12/h6-8,25-26H,1,9H2,2-5H3,(H,27,28);1,3-10H2,2H3/b14-7-;. The lowest BCUT2D eigenvalue weighted by Gasteiger charge is -2.26. The number of benzene rings is 1. The molecule has 41 heavy (non-hydrogen) atoms. The van der Waals surface area contributed by atoms with Crippen molar-refractivity contribution in [1.82, 2.24) is 9.88 Å². The van der Waals surface area contributed by atoms with E-state index in [4.69, 9.17) is 4.74 Å². The number of methoxy groups -OCH3 is 1. The highest BCUT2D eigenvalue weighted by Crippen LogP contribution is 2.40. The third-order valence-corrected chi connectivity index (χ3v) is 7.30. The minimum Gasteiger partial charge on any atom is -0.379 e. The van der Waals surface area contributed by atoms with Gasteiger partial charge in [0.05, 0.1) is 23.6 Å². The van der Waals surface area contributed by atoms with Crippen LogP contribution in [0.4, 0.5) is 24.5 Å². The first-order valence-electron chi connectivity index (χ1n) is 14.1. The quantitative estimate of drug-likeness (QED) is 0.201. The summed E-state index contributed by atoms with van der Waals surface area (Å²) in [6.45, 7) is 18.0. The number of aromatic nitrogens is 1. The normalized spacial score (nSPS) is 16.2. The maximum atomic E-state index is 14.6. The number of carbonyl (C=O) groups excluding carboxylic acids is 1. The molecule has 0 radical (unpaired) electrons. The first-order valence-corrected chi connectivity index (χ1v) is 14.1. The number of carbonyl (C=O) groups is 1. The molecule has 2 aromatic rings. The Morgan fingerprint density at radius 2 is 1.88 bits per heavy atom. The van der Waals surface area contributed by atoms with Gasteiger partial charge in [0.1, 0.15) is 5.82 Å². The number of anilines is 2. The third kappa shape index (κ3) is 8.60. The van der Waals surface area contributed by atoms with Crippen molar-refractivity contribution in [2.45, 2.75) is 65.7 Å². The second-order valence-electron chi connectivity index (χ2n) is 11.1. The zero-order valence-corrected chi connectivity index (χ0v) is 24.9. The van der Waals surface area contributed by atoms with Crippen molar-refractivity contribution in [2.24, 2.45) is 0 Å². The van der Waals surface area contributed by atoms with E-state index in [9.17, 15) is 18.0 Å². The minimum absolute atomic E-state index is 0.105. The van der Waals surface area contributed by atoms with Gasteiger partial charge >= 0.3 is 0 Å². The van der Waals surface area contributed by atoms with Crippen molar-refractivity contribution in [3.05, 3.63) is 70.5 Å². The highest BCUT2D eigenvalue weighted by molar-refractivity contribution is 6.35. The van der Waals surface area contributed by atoms with E-state index >= 15 is 0 Å². The number of fused-ring (bicyclic) bond motifs is 1. The number of hydrogen-bond acceptors (Lipinski definition) is 4.